The number of hydrogen-bond acceptors (Lipinski definition) is 8. The van der Waals surface area contributed by atoms with Crippen LogP contribution in [0.4, 0.5) is 16.4 Å². The molecule has 2 aromatic heterocycles. The van der Waals surface area contributed by atoms with Crippen LogP contribution in [0.2, 0.25) is 0 Å². The Morgan fingerprint density at radius 3 is 2.70 bits per heavy atom. The van der Waals surface area contributed by atoms with E-state index in [1.165, 1.54) is 0 Å². The SMILES string of the molecule is CCCS(=O)(=O)Nc1cccc2c(Oc3ncccc3-c3ccnc([N+]#CC4CCCN(C(=O)OC(C)(C)C)C4)n3)c(C)ccc12. The number of ether oxygens (including phenoxy) is 2. The standard InChI is InChI=1S/C34H39N6O5S/c1-6-20-46(42,43)39-29-13-7-11-26-25(29)15-14-23(2)30(26)44-31-27(12-8-17-35-31)28-16-18-36-32(38-28)37-21-24-10-9-19-40(22-24)33(41)45-34(3,4)5/h7-8,11-18,24,39H,6,9-10,19-20,22H2,1-5H3/q+1. The number of hydrogen-bond donors (Lipinski definition) is 1. The molecule has 12 heteroatoms. The zero-order chi connectivity index (χ0) is 32.9. The number of benzene rings is 2. The number of nitrogens with zero attached hydrogens (tertiary/aromatic N) is 5. The number of carbonyl (C=O) groups excluding carboxylic acids is 1. The molecular formula is C34H39N6O5S+. The summed E-state index contributed by atoms with van der Waals surface area (Å²) in [6.07, 6.45) is 5.09. The molecule has 46 heavy (non-hydrogen) atoms. The monoisotopic (exact) mass is 643 g/mol. The zero-order valence-corrected chi connectivity index (χ0v) is 27.6. The molecule has 2 aromatic carbocycles. The van der Waals surface area contributed by atoms with Gasteiger partial charge in [0.05, 0.1) is 22.9 Å². The molecule has 0 spiro atoms. The molecule has 11 nitrogen and oxygen atoms in total. The van der Waals surface area contributed by atoms with Gasteiger partial charge in [-0.05, 0) is 70.7 Å². The molecule has 3 heterocycles. The van der Waals surface area contributed by atoms with Crippen molar-refractivity contribution < 1.29 is 22.7 Å². The number of likely N-dealkylation sites (tertiary alicyclic amines) is 1. The molecule has 0 saturated carbocycles. The largest absolute Gasteiger partial charge is 0.530 e. The maximum absolute atomic E-state index is 12.6. The minimum absolute atomic E-state index is 0.0316. The third-order valence-corrected chi connectivity index (χ3v) is 8.73. The lowest BCUT2D eigenvalue weighted by Crippen LogP contribution is -2.42. The third kappa shape index (κ3) is 8.09. The third-order valence-electron chi connectivity index (χ3n) is 7.26. The van der Waals surface area contributed by atoms with Crippen molar-refractivity contribution in [2.75, 3.05) is 23.6 Å². The van der Waals surface area contributed by atoms with Crippen LogP contribution < -0.4 is 9.46 Å². The van der Waals surface area contributed by atoms with Gasteiger partial charge in [-0.1, -0.05) is 41.2 Å². The Morgan fingerprint density at radius 2 is 1.91 bits per heavy atom. The summed E-state index contributed by atoms with van der Waals surface area (Å²) in [4.78, 5) is 32.2. The predicted octanol–water partition coefficient (Wildman–Crippen LogP) is 7.56. The molecule has 1 atom stereocenters. The molecule has 1 aliphatic heterocycles. The molecule has 1 unspecified atom stereocenters. The quantitative estimate of drug-likeness (QED) is 0.219. The van der Waals surface area contributed by atoms with Gasteiger partial charge in [0.1, 0.15) is 23.6 Å². The van der Waals surface area contributed by atoms with Crippen molar-refractivity contribution in [3.05, 3.63) is 71.3 Å². The van der Waals surface area contributed by atoms with E-state index in [4.69, 9.17) is 9.47 Å². The smallest absolute Gasteiger partial charge is 0.444 e. The average Bonchev–Trinajstić information content (AvgIpc) is 3.01. The fourth-order valence-electron chi connectivity index (χ4n) is 5.19. The van der Waals surface area contributed by atoms with E-state index in [-0.39, 0.29) is 23.7 Å². The van der Waals surface area contributed by atoms with Gasteiger partial charge in [0.25, 0.3) is 0 Å². The Bertz CT molecular complexity index is 1910. The normalized spacial score (nSPS) is 15.2. The molecule has 0 aliphatic carbocycles. The molecule has 0 bridgehead atoms. The van der Waals surface area contributed by atoms with Crippen molar-refractivity contribution >= 4 is 38.5 Å². The van der Waals surface area contributed by atoms with E-state index >= 15 is 0 Å². The number of pyridine rings is 1. The highest BCUT2D eigenvalue weighted by molar-refractivity contribution is 7.92. The maximum atomic E-state index is 12.6. The first-order chi connectivity index (χ1) is 21.9. The van der Waals surface area contributed by atoms with Crippen molar-refractivity contribution in [2.24, 2.45) is 5.92 Å². The number of amides is 1. The molecule has 4 aromatic rings. The number of sulfonamides is 1. The number of aryl methyl sites for hydroxylation is 1. The molecular weight excluding hydrogens is 604 g/mol. The summed E-state index contributed by atoms with van der Waals surface area (Å²) in [6.45, 7) is 10.4. The molecule has 0 radical (unpaired) electrons. The fourth-order valence-corrected chi connectivity index (χ4v) is 6.34. The molecule has 1 aliphatic rings. The highest BCUT2D eigenvalue weighted by Gasteiger charge is 2.28. The summed E-state index contributed by atoms with van der Waals surface area (Å²) in [5.74, 6) is 1.07. The van der Waals surface area contributed by atoms with Gasteiger partial charge >= 0.3 is 12.0 Å². The van der Waals surface area contributed by atoms with Gasteiger partial charge < -0.3 is 14.4 Å². The number of aromatic nitrogens is 3. The van der Waals surface area contributed by atoms with Crippen LogP contribution in [0.25, 0.3) is 26.9 Å². The minimum Gasteiger partial charge on any atom is -0.444 e. The summed E-state index contributed by atoms with van der Waals surface area (Å²) in [5, 5.41) is 1.45. The van der Waals surface area contributed by atoms with E-state index < -0.39 is 15.6 Å². The lowest BCUT2D eigenvalue weighted by Gasteiger charge is -2.31. The first kappa shape index (κ1) is 32.6. The topological polar surface area (TPSA) is 128 Å². The highest BCUT2D eigenvalue weighted by atomic mass is 32.2. The van der Waals surface area contributed by atoms with Gasteiger partial charge in [-0.15, -0.1) is 0 Å². The summed E-state index contributed by atoms with van der Waals surface area (Å²) >= 11 is 0. The van der Waals surface area contributed by atoms with Crippen molar-refractivity contribution in [2.45, 2.75) is 59.5 Å². The lowest BCUT2D eigenvalue weighted by molar-refractivity contribution is 0.0190. The Hall–Kier alpha value is -4.76. The molecule has 1 fully saturated rings. The Labute approximate surface area is 269 Å². The minimum atomic E-state index is -3.48. The van der Waals surface area contributed by atoms with Gasteiger partial charge in [0, 0.05) is 36.1 Å². The Balaban J connectivity index is 1.40. The van der Waals surface area contributed by atoms with Crippen molar-refractivity contribution in [1.82, 2.24) is 19.9 Å². The van der Waals surface area contributed by atoms with Crippen molar-refractivity contribution in [3.8, 4) is 29.0 Å². The van der Waals surface area contributed by atoms with Crippen LogP contribution in [0.5, 0.6) is 11.6 Å². The van der Waals surface area contributed by atoms with E-state index in [1.54, 1.807) is 41.6 Å². The number of anilines is 1. The number of piperidine rings is 1. The molecule has 5 rings (SSSR count). The van der Waals surface area contributed by atoms with Crippen LogP contribution in [-0.2, 0) is 14.8 Å². The zero-order valence-electron chi connectivity index (χ0n) is 26.8. The maximum Gasteiger partial charge on any atom is 0.530 e. The predicted molar refractivity (Wildman–Crippen MR) is 179 cm³/mol. The van der Waals surface area contributed by atoms with Gasteiger partial charge in [0.15, 0.2) is 5.69 Å². The van der Waals surface area contributed by atoms with E-state index in [0.717, 1.165) is 23.8 Å². The molecule has 1 amide bonds. The van der Waals surface area contributed by atoms with Gasteiger partial charge in [0.2, 0.25) is 15.9 Å². The van der Waals surface area contributed by atoms with Crippen LogP contribution >= 0.6 is 0 Å². The second-order valence-corrected chi connectivity index (χ2v) is 14.1. The van der Waals surface area contributed by atoms with Crippen LogP contribution in [0.3, 0.4) is 0 Å². The number of fused-ring (bicyclic) bond motifs is 1. The average molecular weight is 644 g/mol. The first-order valence-corrected chi connectivity index (χ1v) is 17.0. The Morgan fingerprint density at radius 1 is 1.09 bits per heavy atom. The lowest BCUT2D eigenvalue weighted by atomic mass is 10.0. The number of carbonyl (C=O) groups is 1. The Kier molecular flexibility index (Phi) is 9.72. The van der Waals surface area contributed by atoms with Gasteiger partial charge in [-0.25, -0.2) is 18.2 Å². The van der Waals surface area contributed by atoms with Crippen LogP contribution in [0.1, 0.15) is 52.5 Å². The molecule has 240 valence electrons. The first-order valence-electron chi connectivity index (χ1n) is 15.4. The second kappa shape index (κ2) is 13.7. The highest BCUT2D eigenvalue weighted by Crippen LogP contribution is 2.39. The van der Waals surface area contributed by atoms with Gasteiger partial charge in [-0.2, -0.15) is 4.85 Å². The molecule has 1 N–H and O–H groups in total. The van der Waals surface area contributed by atoms with E-state index in [1.807, 2.05) is 58.9 Å². The van der Waals surface area contributed by atoms with Crippen molar-refractivity contribution in [1.29, 1.82) is 0 Å². The van der Waals surface area contributed by atoms with E-state index in [9.17, 15) is 13.2 Å². The summed E-state index contributed by atoms with van der Waals surface area (Å²) in [6, 6.07) is 17.7. The summed E-state index contributed by atoms with van der Waals surface area (Å²) in [7, 11) is -3.48. The van der Waals surface area contributed by atoms with Crippen LogP contribution in [-0.4, -0.2) is 58.8 Å². The fraction of sp³-hybridized carbons (Fsp3) is 0.382. The number of rotatable bonds is 7. The summed E-state index contributed by atoms with van der Waals surface area (Å²) < 4.78 is 39.8. The van der Waals surface area contributed by atoms with E-state index in [2.05, 4.69) is 30.6 Å². The number of nitrogens with one attached hydrogen (secondary N) is 1. The van der Waals surface area contributed by atoms with E-state index in [0.29, 0.717) is 53.5 Å². The van der Waals surface area contributed by atoms with Crippen LogP contribution in [0.15, 0.2) is 60.9 Å². The molecule has 1 saturated heterocycles. The van der Waals surface area contributed by atoms with Crippen LogP contribution in [0, 0.1) is 18.9 Å². The van der Waals surface area contributed by atoms with Crippen molar-refractivity contribution in [3.63, 3.8) is 0 Å². The van der Waals surface area contributed by atoms with Gasteiger partial charge in [-0.3, -0.25) is 4.72 Å². The second-order valence-electron chi connectivity index (χ2n) is 12.2. The summed E-state index contributed by atoms with van der Waals surface area (Å²) in [5.41, 5.74) is 1.97.